The van der Waals surface area contributed by atoms with Crippen LogP contribution in [-0.4, -0.2) is 13.1 Å². The van der Waals surface area contributed by atoms with Crippen molar-refractivity contribution >= 4 is 0 Å². The summed E-state index contributed by atoms with van der Waals surface area (Å²) in [5.41, 5.74) is 0.768. The minimum Gasteiger partial charge on any atom is -0.316 e. The average Bonchev–Trinajstić information content (AvgIpc) is 2.81. The number of piperidine rings is 1. The van der Waals surface area contributed by atoms with E-state index in [4.69, 9.17) is 0 Å². The Labute approximate surface area is 74.9 Å². The first kappa shape index (κ1) is 7.37. The maximum atomic E-state index is 3.62. The van der Waals surface area contributed by atoms with Crippen LogP contribution in [0, 0.1) is 17.3 Å². The summed E-state index contributed by atoms with van der Waals surface area (Å²) in [6.45, 7) is 2.65. The molecule has 1 saturated heterocycles. The Balaban J connectivity index is 1.71. The molecule has 1 heteroatoms. The van der Waals surface area contributed by atoms with Crippen molar-refractivity contribution in [1.29, 1.82) is 0 Å². The van der Waals surface area contributed by atoms with E-state index in [1.165, 1.54) is 38.8 Å². The summed E-state index contributed by atoms with van der Waals surface area (Å²) in [4.78, 5) is 0. The van der Waals surface area contributed by atoms with E-state index in [2.05, 4.69) is 5.32 Å². The SMILES string of the molecule is C1CC1CC12CCC(CNC1)C2. The largest absolute Gasteiger partial charge is 0.316 e. The first-order chi connectivity index (χ1) is 5.86. The van der Waals surface area contributed by atoms with E-state index in [1.54, 1.807) is 12.8 Å². The molecule has 3 rings (SSSR count). The van der Waals surface area contributed by atoms with Crippen molar-refractivity contribution in [3.8, 4) is 0 Å². The van der Waals surface area contributed by atoms with Gasteiger partial charge in [0.1, 0.15) is 0 Å². The molecule has 1 heterocycles. The molecule has 0 aromatic rings. The van der Waals surface area contributed by atoms with Crippen molar-refractivity contribution in [3.05, 3.63) is 0 Å². The van der Waals surface area contributed by atoms with Crippen LogP contribution in [0.15, 0.2) is 0 Å². The summed E-state index contributed by atoms with van der Waals surface area (Å²) in [6, 6.07) is 0. The lowest BCUT2D eigenvalue weighted by Crippen LogP contribution is -2.39. The van der Waals surface area contributed by atoms with Gasteiger partial charge in [0.2, 0.25) is 0 Å². The second-order valence-electron chi connectivity index (χ2n) is 5.39. The fourth-order valence-corrected chi connectivity index (χ4v) is 3.39. The summed E-state index contributed by atoms with van der Waals surface area (Å²) in [6.07, 6.45) is 9.22. The lowest BCUT2D eigenvalue weighted by atomic mass is 9.78. The zero-order valence-electron chi connectivity index (χ0n) is 7.81. The molecule has 0 amide bonds. The molecule has 1 nitrogen and oxygen atoms in total. The molecule has 3 aliphatic rings. The predicted molar refractivity (Wildman–Crippen MR) is 50.0 cm³/mol. The first-order valence-corrected chi connectivity index (χ1v) is 5.57. The molecule has 2 unspecified atom stereocenters. The highest BCUT2D eigenvalue weighted by molar-refractivity contribution is 4.98. The second kappa shape index (κ2) is 2.47. The summed E-state index contributed by atoms with van der Waals surface area (Å²) < 4.78 is 0. The van der Waals surface area contributed by atoms with Gasteiger partial charge in [-0.2, -0.15) is 0 Å². The highest BCUT2D eigenvalue weighted by Gasteiger charge is 2.44. The number of nitrogens with one attached hydrogen (secondary N) is 1. The van der Waals surface area contributed by atoms with E-state index in [-0.39, 0.29) is 0 Å². The van der Waals surface area contributed by atoms with Crippen molar-refractivity contribution in [2.24, 2.45) is 17.3 Å². The molecule has 3 fully saturated rings. The van der Waals surface area contributed by atoms with Gasteiger partial charge in [0.15, 0.2) is 0 Å². The van der Waals surface area contributed by atoms with Gasteiger partial charge in [-0.25, -0.2) is 0 Å². The molecule has 2 atom stereocenters. The van der Waals surface area contributed by atoms with Crippen LogP contribution in [0.2, 0.25) is 0 Å². The van der Waals surface area contributed by atoms with E-state index in [0.29, 0.717) is 0 Å². The van der Waals surface area contributed by atoms with Crippen LogP contribution in [0.3, 0.4) is 0 Å². The quantitative estimate of drug-likeness (QED) is 0.661. The van der Waals surface area contributed by atoms with E-state index < -0.39 is 0 Å². The second-order valence-corrected chi connectivity index (χ2v) is 5.39. The van der Waals surface area contributed by atoms with Gasteiger partial charge in [-0.05, 0) is 49.5 Å². The van der Waals surface area contributed by atoms with Crippen LogP contribution >= 0.6 is 0 Å². The van der Waals surface area contributed by atoms with Crippen molar-refractivity contribution in [3.63, 3.8) is 0 Å². The minimum atomic E-state index is 0.768. The van der Waals surface area contributed by atoms with Crippen molar-refractivity contribution in [1.82, 2.24) is 5.32 Å². The van der Waals surface area contributed by atoms with Gasteiger partial charge in [-0.3, -0.25) is 0 Å². The van der Waals surface area contributed by atoms with Gasteiger partial charge in [-0.1, -0.05) is 12.8 Å². The molecule has 68 valence electrons. The van der Waals surface area contributed by atoms with E-state index in [1.807, 2.05) is 0 Å². The molecule has 0 spiro atoms. The molecule has 1 N–H and O–H groups in total. The maximum Gasteiger partial charge on any atom is 0.000814 e. The van der Waals surface area contributed by atoms with Crippen molar-refractivity contribution in [2.75, 3.05) is 13.1 Å². The molecule has 2 saturated carbocycles. The van der Waals surface area contributed by atoms with Crippen LogP contribution in [-0.2, 0) is 0 Å². The topological polar surface area (TPSA) is 12.0 Å². The Morgan fingerprint density at radius 1 is 1.25 bits per heavy atom. The van der Waals surface area contributed by atoms with Crippen LogP contribution in [0.1, 0.15) is 38.5 Å². The summed E-state index contributed by atoms with van der Waals surface area (Å²) in [5.74, 6) is 2.17. The summed E-state index contributed by atoms with van der Waals surface area (Å²) in [5, 5.41) is 3.62. The van der Waals surface area contributed by atoms with Gasteiger partial charge in [0, 0.05) is 6.54 Å². The Morgan fingerprint density at radius 3 is 3.00 bits per heavy atom. The van der Waals surface area contributed by atoms with Crippen molar-refractivity contribution in [2.45, 2.75) is 38.5 Å². The molecular weight excluding hydrogens is 146 g/mol. The van der Waals surface area contributed by atoms with Gasteiger partial charge < -0.3 is 5.32 Å². The van der Waals surface area contributed by atoms with Gasteiger partial charge in [0.05, 0.1) is 0 Å². The lowest BCUT2D eigenvalue weighted by molar-refractivity contribution is 0.203. The Kier molecular flexibility index (Phi) is 1.52. The van der Waals surface area contributed by atoms with Crippen LogP contribution < -0.4 is 5.32 Å². The van der Waals surface area contributed by atoms with Gasteiger partial charge in [-0.15, -0.1) is 0 Å². The van der Waals surface area contributed by atoms with Gasteiger partial charge in [0.25, 0.3) is 0 Å². The highest BCUT2D eigenvalue weighted by atomic mass is 14.9. The summed E-state index contributed by atoms with van der Waals surface area (Å²) >= 11 is 0. The number of fused-ring (bicyclic) bond motifs is 2. The standard InChI is InChI=1S/C11H19N/c1-2-9(1)5-11-4-3-10(6-11)7-12-8-11/h9-10,12H,1-8H2. The molecule has 0 radical (unpaired) electrons. The van der Waals surface area contributed by atoms with E-state index >= 15 is 0 Å². The molecular formula is C11H19N. The Morgan fingerprint density at radius 2 is 2.17 bits per heavy atom. The fourth-order valence-electron chi connectivity index (χ4n) is 3.39. The van der Waals surface area contributed by atoms with E-state index in [9.17, 15) is 0 Å². The normalized spacial score (nSPS) is 46.5. The highest BCUT2D eigenvalue weighted by Crippen LogP contribution is 2.51. The van der Waals surface area contributed by atoms with Gasteiger partial charge >= 0.3 is 0 Å². The first-order valence-electron chi connectivity index (χ1n) is 5.57. The molecule has 0 aromatic heterocycles. The Bertz CT molecular complexity index is 181. The number of hydrogen-bond donors (Lipinski definition) is 1. The molecule has 2 aliphatic carbocycles. The van der Waals surface area contributed by atoms with Crippen LogP contribution in [0.5, 0.6) is 0 Å². The number of hydrogen-bond acceptors (Lipinski definition) is 1. The van der Waals surface area contributed by atoms with E-state index in [0.717, 1.165) is 17.3 Å². The maximum absolute atomic E-state index is 3.62. The third-order valence-electron chi connectivity index (χ3n) is 4.16. The summed E-state index contributed by atoms with van der Waals surface area (Å²) in [7, 11) is 0. The average molecular weight is 165 g/mol. The molecule has 1 aliphatic heterocycles. The van der Waals surface area contributed by atoms with Crippen LogP contribution in [0.25, 0.3) is 0 Å². The van der Waals surface area contributed by atoms with Crippen molar-refractivity contribution < 1.29 is 0 Å². The number of rotatable bonds is 2. The molecule has 0 aromatic carbocycles. The molecule has 12 heavy (non-hydrogen) atoms. The zero-order chi connectivity index (χ0) is 8.02. The smallest absolute Gasteiger partial charge is 0.000814 e. The monoisotopic (exact) mass is 165 g/mol. The third kappa shape index (κ3) is 1.19. The Hall–Kier alpha value is -0.0400. The van der Waals surface area contributed by atoms with Crippen LogP contribution in [0.4, 0.5) is 0 Å². The lowest BCUT2D eigenvalue weighted by Gasteiger charge is -2.34. The minimum absolute atomic E-state index is 0.768. The molecule has 2 bridgehead atoms. The predicted octanol–water partition coefficient (Wildman–Crippen LogP) is 2.18. The fraction of sp³-hybridized carbons (Fsp3) is 1.00. The zero-order valence-corrected chi connectivity index (χ0v) is 7.81. The third-order valence-corrected chi connectivity index (χ3v) is 4.16.